The minimum Gasteiger partial charge on any atom is -0.456 e. The molecule has 0 aliphatic carbocycles. The van der Waals surface area contributed by atoms with Crippen LogP contribution in [0.25, 0.3) is 0 Å². The molecule has 1 rings (SSSR count). The van der Waals surface area contributed by atoms with E-state index >= 15 is 0 Å². The number of hydrogen-bond acceptors (Lipinski definition) is 3. The fourth-order valence-electron chi connectivity index (χ4n) is 0.664. The quantitative estimate of drug-likeness (QED) is 0.394. The van der Waals surface area contributed by atoms with Crippen LogP contribution in [0, 0.1) is 5.41 Å². The largest absolute Gasteiger partial charge is 0.456 e. The minimum atomic E-state index is -0.234. The fourth-order valence-corrected chi connectivity index (χ4v) is 0.664. The van der Waals surface area contributed by atoms with Gasteiger partial charge in [0.15, 0.2) is 0 Å². The number of cyclic esters (lactones) is 1. The second-order valence-electron chi connectivity index (χ2n) is 1.73. The highest BCUT2D eigenvalue weighted by atomic mass is 16.5. The summed E-state index contributed by atoms with van der Waals surface area (Å²) in [5.41, 5.74) is 0. The number of esters is 1. The van der Waals surface area contributed by atoms with Crippen molar-refractivity contribution in [2.24, 2.45) is 0 Å². The molecule has 44 valence electrons. The van der Waals surface area contributed by atoms with Gasteiger partial charge in [-0.1, -0.05) is 0 Å². The smallest absolute Gasteiger partial charge is 0.306 e. The summed E-state index contributed by atoms with van der Waals surface area (Å²) < 4.78 is 4.63. The summed E-state index contributed by atoms with van der Waals surface area (Å²) >= 11 is 0. The fraction of sp³-hybridized carbons (Fsp3) is 0.600. The second-order valence-corrected chi connectivity index (χ2v) is 1.73. The van der Waals surface area contributed by atoms with Crippen molar-refractivity contribution >= 4 is 12.2 Å². The Morgan fingerprint density at radius 3 is 2.88 bits per heavy atom. The van der Waals surface area contributed by atoms with Crippen LogP contribution in [0.4, 0.5) is 0 Å². The van der Waals surface area contributed by atoms with E-state index in [1.54, 1.807) is 0 Å². The number of ether oxygens (including phenoxy) is 1. The Morgan fingerprint density at radius 1 is 1.88 bits per heavy atom. The lowest BCUT2D eigenvalue weighted by molar-refractivity contribution is -0.139. The van der Waals surface area contributed by atoms with Gasteiger partial charge < -0.3 is 10.1 Å². The van der Waals surface area contributed by atoms with E-state index in [0.717, 1.165) is 6.21 Å². The zero-order valence-corrected chi connectivity index (χ0v) is 4.39. The van der Waals surface area contributed by atoms with Crippen LogP contribution in [0.2, 0.25) is 0 Å². The average molecular weight is 113 g/mol. The molecular weight excluding hydrogens is 106 g/mol. The average Bonchev–Trinajstić information content (AvgIpc) is 2.14. The van der Waals surface area contributed by atoms with Crippen molar-refractivity contribution in [1.29, 1.82) is 5.41 Å². The van der Waals surface area contributed by atoms with Crippen LogP contribution in [0.5, 0.6) is 0 Å². The van der Waals surface area contributed by atoms with E-state index < -0.39 is 0 Å². The van der Waals surface area contributed by atoms with Crippen molar-refractivity contribution in [3.8, 4) is 0 Å². The van der Waals surface area contributed by atoms with Crippen molar-refractivity contribution in [3.05, 3.63) is 0 Å². The lowest BCUT2D eigenvalue weighted by Gasteiger charge is -1.96. The lowest BCUT2D eigenvalue weighted by atomic mass is 10.2. The van der Waals surface area contributed by atoms with Crippen molar-refractivity contribution < 1.29 is 9.53 Å². The third-order valence-electron chi connectivity index (χ3n) is 1.10. The van der Waals surface area contributed by atoms with Gasteiger partial charge in [0, 0.05) is 12.6 Å². The van der Waals surface area contributed by atoms with Crippen LogP contribution >= 0.6 is 0 Å². The Balaban J connectivity index is 2.43. The molecule has 1 saturated heterocycles. The van der Waals surface area contributed by atoms with Crippen molar-refractivity contribution in [2.75, 3.05) is 0 Å². The number of carbonyl (C=O) groups is 1. The van der Waals surface area contributed by atoms with Crippen LogP contribution in [0.15, 0.2) is 0 Å². The van der Waals surface area contributed by atoms with Gasteiger partial charge in [-0.3, -0.25) is 4.79 Å². The summed E-state index contributed by atoms with van der Waals surface area (Å²) in [6.07, 6.45) is 2.08. The molecule has 0 unspecified atom stereocenters. The maximum atomic E-state index is 10.3. The van der Waals surface area contributed by atoms with Crippen LogP contribution in [-0.4, -0.2) is 18.3 Å². The molecular formula is C5H7NO2. The van der Waals surface area contributed by atoms with Gasteiger partial charge in [-0.15, -0.1) is 0 Å². The molecule has 3 nitrogen and oxygen atoms in total. The second kappa shape index (κ2) is 1.94. The summed E-state index contributed by atoms with van der Waals surface area (Å²) in [6.45, 7) is 0. The zero-order valence-electron chi connectivity index (χ0n) is 4.39. The summed E-state index contributed by atoms with van der Waals surface area (Å²) in [7, 11) is 0. The molecule has 0 bridgehead atoms. The number of carbonyl (C=O) groups excluding carboxylic acids is 1. The zero-order chi connectivity index (χ0) is 5.98. The molecule has 0 spiro atoms. The maximum absolute atomic E-state index is 10.3. The number of rotatable bonds is 1. The molecule has 1 atom stereocenters. The van der Waals surface area contributed by atoms with Gasteiger partial charge in [-0.2, -0.15) is 0 Å². The Bertz CT molecular complexity index is 122. The molecule has 1 N–H and O–H groups in total. The molecule has 1 heterocycles. The summed E-state index contributed by atoms with van der Waals surface area (Å²) in [4.78, 5) is 10.3. The molecule has 1 aliphatic rings. The topological polar surface area (TPSA) is 50.2 Å². The van der Waals surface area contributed by atoms with Crippen LogP contribution in [-0.2, 0) is 9.53 Å². The van der Waals surface area contributed by atoms with Gasteiger partial charge in [0.25, 0.3) is 0 Å². The SMILES string of the molecule is N=C[C@@H]1CCC(=O)O1. The first kappa shape index (κ1) is 5.28. The standard InChI is InChI=1S/C5H7NO2/c6-3-4-1-2-5(7)8-4/h3-4,6H,1-2H2/t4-/m0/s1. The van der Waals surface area contributed by atoms with E-state index in [4.69, 9.17) is 5.41 Å². The molecule has 3 heteroatoms. The highest BCUT2D eigenvalue weighted by Gasteiger charge is 2.20. The van der Waals surface area contributed by atoms with Crippen molar-refractivity contribution in [1.82, 2.24) is 0 Å². The summed E-state index contributed by atoms with van der Waals surface area (Å²) in [5, 5.41) is 6.69. The monoisotopic (exact) mass is 113 g/mol. The van der Waals surface area contributed by atoms with Gasteiger partial charge in [-0.05, 0) is 6.42 Å². The molecule has 8 heavy (non-hydrogen) atoms. The van der Waals surface area contributed by atoms with E-state index in [9.17, 15) is 4.79 Å². The molecule has 0 aromatic heterocycles. The number of hydrogen-bond donors (Lipinski definition) is 1. The van der Waals surface area contributed by atoms with Gasteiger partial charge in [0.1, 0.15) is 6.10 Å². The Labute approximate surface area is 47.2 Å². The first-order valence-corrected chi connectivity index (χ1v) is 2.53. The Hall–Kier alpha value is -0.860. The first-order valence-electron chi connectivity index (χ1n) is 2.53. The third kappa shape index (κ3) is 0.857. The van der Waals surface area contributed by atoms with E-state index in [1.165, 1.54) is 0 Å². The lowest BCUT2D eigenvalue weighted by Crippen LogP contribution is -2.06. The highest BCUT2D eigenvalue weighted by Crippen LogP contribution is 2.10. The predicted molar refractivity (Wildman–Crippen MR) is 27.9 cm³/mol. The Kier molecular flexibility index (Phi) is 1.28. The third-order valence-corrected chi connectivity index (χ3v) is 1.10. The minimum absolute atomic E-state index is 0.182. The van der Waals surface area contributed by atoms with Crippen molar-refractivity contribution in [3.63, 3.8) is 0 Å². The van der Waals surface area contributed by atoms with Crippen LogP contribution < -0.4 is 0 Å². The van der Waals surface area contributed by atoms with Gasteiger partial charge in [0.05, 0.1) is 0 Å². The molecule has 0 radical (unpaired) electrons. The Morgan fingerprint density at radius 2 is 2.62 bits per heavy atom. The predicted octanol–water partition coefficient (Wildman–Crippen LogP) is 0.342. The number of nitrogens with one attached hydrogen (secondary N) is 1. The molecule has 1 fully saturated rings. The van der Waals surface area contributed by atoms with E-state index in [1.807, 2.05) is 0 Å². The maximum Gasteiger partial charge on any atom is 0.306 e. The molecule has 0 saturated carbocycles. The molecule has 1 aliphatic heterocycles. The van der Waals surface area contributed by atoms with Crippen molar-refractivity contribution in [2.45, 2.75) is 18.9 Å². The van der Waals surface area contributed by atoms with E-state index in [-0.39, 0.29) is 12.1 Å². The highest BCUT2D eigenvalue weighted by molar-refractivity contribution is 5.76. The molecule has 0 amide bonds. The van der Waals surface area contributed by atoms with Gasteiger partial charge in [-0.25, -0.2) is 0 Å². The van der Waals surface area contributed by atoms with Gasteiger partial charge >= 0.3 is 5.97 Å². The summed E-state index contributed by atoms with van der Waals surface area (Å²) in [5.74, 6) is -0.182. The van der Waals surface area contributed by atoms with E-state index in [2.05, 4.69) is 4.74 Å². The normalized spacial score (nSPS) is 27.5. The van der Waals surface area contributed by atoms with Gasteiger partial charge in [0.2, 0.25) is 0 Å². The molecule has 0 aromatic rings. The first-order chi connectivity index (χ1) is 3.83. The van der Waals surface area contributed by atoms with Crippen LogP contribution in [0.3, 0.4) is 0 Å². The molecule has 0 aromatic carbocycles. The van der Waals surface area contributed by atoms with E-state index in [0.29, 0.717) is 12.8 Å². The summed E-state index contributed by atoms with van der Waals surface area (Å²) in [6, 6.07) is 0. The van der Waals surface area contributed by atoms with Crippen LogP contribution in [0.1, 0.15) is 12.8 Å².